The van der Waals surface area contributed by atoms with E-state index >= 15 is 0 Å². The summed E-state index contributed by atoms with van der Waals surface area (Å²) in [5.74, 6) is -0.273. The zero-order valence-corrected chi connectivity index (χ0v) is 7.42. The van der Waals surface area contributed by atoms with E-state index in [0.29, 0.717) is 0 Å². The molecule has 68 valence electrons. The van der Waals surface area contributed by atoms with Gasteiger partial charge < -0.3 is 5.73 Å². The Morgan fingerprint density at radius 3 is 2.85 bits per heavy atom. The van der Waals surface area contributed by atoms with Crippen LogP contribution in [0.5, 0.6) is 0 Å². The van der Waals surface area contributed by atoms with Crippen molar-refractivity contribution in [1.82, 2.24) is 0 Å². The number of rotatable bonds is 2. The third-order valence-corrected chi connectivity index (χ3v) is 1.94. The second-order valence-electron chi connectivity index (χ2n) is 2.97. The molecule has 0 aromatic heterocycles. The van der Waals surface area contributed by atoms with Crippen LogP contribution in [0.15, 0.2) is 18.2 Å². The molecule has 1 atom stereocenters. The molecule has 0 radical (unpaired) electrons. The number of nitriles is 1. The maximum absolute atomic E-state index is 12.7. The van der Waals surface area contributed by atoms with Crippen LogP contribution >= 0.6 is 0 Å². The van der Waals surface area contributed by atoms with Gasteiger partial charge >= 0.3 is 0 Å². The molecule has 0 fully saturated rings. The first-order valence-corrected chi connectivity index (χ1v) is 4.03. The van der Waals surface area contributed by atoms with Gasteiger partial charge in [-0.1, -0.05) is 6.07 Å². The van der Waals surface area contributed by atoms with E-state index in [4.69, 9.17) is 11.0 Å². The molecule has 0 bridgehead atoms. The number of benzene rings is 1. The first-order valence-electron chi connectivity index (χ1n) is 4.03. The van der Waals surface area contributed by atoms with Gasteiger partial charge in [-0.25, -0.2) is 4.39 Å². The summed E-state index contributed by atoms with van der Waals surface area (Å²) in [5.41, 5.74) is 7.34. The van der Waals surface area contributed by atoms with E-state index in [-0.39, 0.29) is 18.3 Å². The molecule has 2 nitrogen and oxygen atoms in total. The summed E-state index contributed by atoms with van der Waals surface area (Å²) in [7, 11) is 0. The minimum Gasteiger partial charge on any atom is -0.323 e. The Hall–Kier alpha value is -1.40. The highest BCUT2D eigenvalue weighted by atomic mass is 19.1. The first-order chi connectivity index (χ1) is 6.15. The number of halogens is 1. The van der Waals surface area contributed by atoms with Gasteiger partial charge in [-0.3, -0.25) is 0 Å². The van der Waals surface area contributed by atoms with Gasteiger partial charge in [0.2, 0.25) is 0 Å². The quantitative estimate of drug-likeness (QED) is 0.753. The predicted molar refractivity (Wildman–Crippen MR) is 48.3 cm³/mol. The SMILES string of the molecule is Cc1cc(F)ccc1C(N)CC#N. The second-order valence-corrected chi connectivity index (χ2v) is 2.97. The Labute approximate surface area is 76.8 Å². The summed E-state index contributed by atoms with van der Waals surface area (Å²) in [6.07, 6.45) is 0.256. The third kappa shape index (κ3) is 2.27. The van der Waals surface area contributed by atoms with E-state index in [1.807, 2.05) is 6.07 Å². The van der Waals surface area contributed by atoms with Crippen molar-refractivity contribution in [2.75, 3.05) is 0 Å². The van der Waals surface area contributed by atoms with Crippen LogP contribution in [0.3, 0.4) is 0 Å². The number of hydrogen-bond acceptors (Lipinski definition) is 2. The van der Waals surface area contributed by atoms with Gasteiger partial charge in [0.1, 0.15) is 5.82 Å². The van der Waals surface area contributed by atoms with Gasteiger partial charge in [-0.15, -0.1) is 0 Å². The fraction of sp³-hybridized carbons (Fsp3) is 0.300. The van der Waals surface area contributed by atoms with Crippen molar-refractivity contribution >= 4 is 0 Å². The maximum atomic E-state index is 12.7. The molecule has 0 spiro atoms. The van der Waals surface area contributed by atoms with Crippen molar-refractivity contribution in [3.8, 4) is 6.07 Å². The van der Waals surface area contributed by atoms with Crippen LogP contribution in [0.4, 0.5) is 4.39 Å². The lowest BCUT2D eigenvalue weighted by Gasteiger charge is -2.10. The molecule has 0 heterocycles. The minimum absolute atomic E-state index is 0.256. The van der Waals surface area contributed by atoms with Crippen LogP contribution in [-0.2, 0) is 0 Å². The molecule has 0 aliphatic carbocycles. The lowest BCUT2D eigenvalue weighted by Crippen LogP contribution is -2.10. The second kappa shape index (κ2) is 4.01. The Balaban J connectivity index is 2.96. The highest BCUT2D eigenvalue weighted by molar-refractivity contribution is 5.29. The third-order valence-electron chi connectivity index (χ3n) is 1.94. The smallest absolute Gasteiger partial charge is 0.123 e. The Morgan fingerprint density at radius 1 is 1.62 bits per heavy atom. The van der Waals surface area contributed by atoms with Crippen LogP contribution in [0.1, 0.15) is 23.6 Å². The molecule has 0 aliphatic heterocycles. The molecular formula is C10H11FN2. The van der Waals surface area contributed by atoms with E-state index in [1.54, 1.807) is 13.0 Å². The lowest BCUT2D eigenvalue weighted by molar-refractivity contribution is 0.623. The normalized spacial score (nSPS) is 12.2. The fourth-order valence-corrected chi connectivity index (χ4v) is 1.26. The van der Waals surface area contributed by atoms with Gasteiger partial charge in [0, 0.05) is 6.04 Å². The van der Waals surface area contributed by atoms with Crippen molar-refractivity contribution in [3.63, 3.8) is 0 Å². The molecule has 0 saturated heterocycles. The molecule has 2 N–H and O–H groups in total. The summed E-state index contributed by atoms with van der Waals surface area (Å²) in [4.78, 5) is 0. The van der Waals surface area contributed by atoms with E-state index in [9.17, 15) is 4.39 Å². The maximum Gasteiger partial charge on any atom is 0.123 e. The Morgan fingerprint density at radius 2 is 2.31 bits per heavy atom. The van der Waals surface area contributed by atoms with Crippen molar-refractivity contribution in [2.24, 2.45) is 5.73 Å². The largest absolute Gasteiger partial charge is 0.323 e. The summed E-state index contributed by atoms with van der Waals surface area (Å²) >= 11 is 0. The van der Waals surface area contributed by atoms with Crippen molar-refractivity contribution < 1.29 is 4.39 Å². The first kappa shape index (κ1) is 9.69. The van der Waals surface area contributed by atoms with Crippen molar-refractivity contribution in [3.05, 3.63) is 35.1 Å². The molecule has 13 heavy (non-hydrogen) atoms. The molecule has 0 amide bonds. The molecule has 1 unspecified atom stereocenters. The van der Waals surface area contributed by atoms with Gasteiger partial charge in [0.05, 0.1) is 12.5 Å². The standard InChI is InChI=1S/C10H11FN2/c1-7-6-8(11)2-3-9(7)10(13)4-5-12/h2-3,6,10H,4,13H2,1H3. The van der Waals surface area contributed by atoms with E-state index in [1.165, 1.54) is 12.1 Å². The number of hydrogen-bond donors (Lipinski definition) is 1. The van der Waals surface area contributed by atoms with Gasteiger partial charge in [0.15, 0.2) is 0 Å². The topological polar surface area (TPSA) is 49.8 Å². The van der Waals surface area contributed by atoms with Crippen LogP contribution in [-0.4, -0.2) is 0 Å². The molecule has 1 aromatic rings. The van der Waals surface area contributed by atoms with E-state index in [0.717, 1.165) is 11.1 Å². The van der Waals surface area contributed by atoms with Gasteiger partial charge in [-0.05, 0) is 30.2 Å². The summed E-state index contributed by atoms with van der Waals surface area (Å²) in [6, 6.07) is 6.09. The monoisotopic (exact) mass is 178 g/mol. The number of nitrogens with two attached hydrogens (primary N) is 1. The Kier molecular flexibility index (Phi) is 2.99. The molecule has 0 aliphatic rings. The van der Waals surface area contributed by atoms with Gasteiger partial charge in [0.25, 0.3) is 0 Å². The summed E-state index contributed by atoms with van der Waals surface area (Å²) < 4.78 is 12.7. The van der Waals surface area contributed by atoms with Crippen LogP contribution < -0.4 is 5.73 Å². The Bertz CT molecular complexity index is 341. The molecule has 1 aromatic carbocycles. The zero-order chi connectivity index (χ0) is 9.84. The van der Waals surface area contributed by atoms with Crippen molar-refractivity contribution in [1.29, 1.82) is 5.26 Å². The predicted octanol–water partition coefficient (Wildman–Crippen LogP) is 2.05. The van der Waals surface area contributed by atoms with Crippen LogP contribution in [0, 0.1) is 24.1 Å². The van der Waals surface area contributed by atoms with E-state index < -0.39 is 0 Å². The average molecular weight is 178 g/mol. The molecular weight excluding hydrogens is 167 g/mol. The lowest BCUT2D eigenvalue weighted by atomic mass is 10.00. The molecule has 3 heteroatoms. The van der Waals surface area contributed by atoms with Gasteiger partial charge in [-0.2, -0.15) is 5.26 Å². The number of aryl methyl sites for hydroxylation is 1. The zero-order valence-electron chi connectivity index (χ0n) is 7.42. The fourth-order valence-electron chi connectivity index (χ4n) is 1.26. The number of nitrogens with zero attached hydrogens (tertiary/aromatic N) is 1. The molecule has 1 rings (SSSR count). The molecule has 0 saturated carbocycles. The highest BCUT2D eigenvalue weighted by Gasteiger charge is 2.08. The van der Waals surface area contributed by atoms with E-state index in [2.05, 4.69) is 0 Å². The van der Waals surface area contributed by atoms with Crippen molar-refractivity contribution in [2.45, 2.75) is 19.4 Å². The van der Waals surface area contributed by atoms with Crippen LogP contribution in [0.2, 0.25) is 0 Å². The minimum atomic E-state index is -0.314. The van der Waals surface area contributed by atoms with Crippen LogP contribution in [0.25, 0.3) is 0 Å². The summed E-state index contributed by atoms with van der Waals surface area (Å²) in [6.45, 7) is 1.79. The summed E-state index contributed by atoms with van der Waals surface area (Å²) in [5, 5.41) is 8.44. The highest BCUT2D eigenvalue weighted by Crippen LogP contribution is 2.18. The average Bonchev–Trinajstić information content (AvgIpc) is 2.04.